The fourth-order valence-corrected chi connectivity index (χ4v) is 3.70. The largest absolute Gasteiger partial charge is 0.350 e. The van der Waals surface area contributed by atoms with Crippen LogP contribution in [-0.4, -0.2) is 64.2 Å². The molecule has 9 heteroatoms. The lowest BCUT2D eigenvalue weighted by atomic mass is 10.1. The Balaban J connectivity index is 1.94. The van der Waals surface area contributed by atoms with Crippen LogP contribution in [0.3, 0.4) is 0 Å². The van der Waals surface area contributed by atoms with Crippen molar-refractivity contribution in [1.82, 2.24) is 19.8 Å². The van der Waals surface area contributed by atoms with Gasteiger partial charge in [-0.1, -0.05) is 30.3 Å². The maximum Gasteiger partial charge on any atom is 0.251 e. The minimum absolute atomic E-state index is 0.0158. The van der Waals surface area contributed by atoms with Crippen LogP contribution >= 0.6 is 0 Å². The number of benzene rings is 2. The minimum atomic E-state index is -3.65. The second-order valence-corrected chi connectivity index (χ2v) is 9.43. The maximum absolute atomic E-state index is 12.3. The van der Waals surface area contributed by atoms with Gasteiger partial charge in [0.1, 0.15) is 0 Å². The molecule has 2 amide bonds. The molecular formula is C21H28N4O4S. The van der Waals surface area contributed by atoms with Crippen molar-refractivity contribution in [2.24, 2.45) is 0 Å². The highest BCUT2D eigenvalue weighted by Crippen LogP contribution is 2.15. The molecule has 0 bridgehead atoms. The third-order valence-corrected chi connectivity index (χ3v) is 6.18. The lowest BCUT2D eigenvalue weighted by Crippen LogP contribution is -2.36. The Hall–Kier alpha value is -2.75. The van der Waals surface area contributed by atoms with E-state index in [1.54, 1.807) is 0 Å². The summed E-state index contributed by atoms with van der Waals surface area (Å²) >= 11 is 0. The number of amides is 2. The Bertz CT molecular complexity index is 1000. The lowest BCUT2D eigenvalue weighted by Gasteiger charge is -2.15. The van der Waals surface area contributed by atoms with Crippen molar-refractivity contribution < 1.29 is 18.0 Å². The summed E-state index contributed by atoms with van der Waals surface area (Å²) in [5.74, 6) is -0.853. The first-order valence-corrected chi connectivity index (χ1v) is 10.8. The summed E-state index contributed by atoms with van der Waals surface area (Å²) in [4.78, 5) is 26.6. The molecule has 0 heterocycles. The van der Waals surface area contributed by atoms with Crippen molar-refractivity contribution in [2.75, 3.05) is 34.7 Å². The maximum atomic E-state index is 12.3. The fraction of sp³-hybridized carbons (Fsp3) is 0.333. The van der Waals surface area contributed by atoms with Gasteiger partial charge in [-0.3, -0.25) is 9.59 Å². The molecule has 0 saturated carbocycles. The molecule has 8 nitrogen and oxygen atoms in total. The van der Waals surface area contributed by atoms with Crippen molar-refractivity contribution in [1.29, 1.82) is 0 Å². The molecule has 2 aromatic carbocycles. The first kappa shape index (κ1) is 23.5. The van der Waals surface area contributed by atoms with Crippen LogP contribution in [0.4, 0.5) is 0 Å². The fourth-order valence-electron chi connectivity index (χ4n) is 2.75. The monoisotopic (exact) mass is 432 g/mol. The molecule has 162 valence electrons. The first-order chi connectivity index (χ1) is 14.1. The second kappa shape index (κ2) is 10.3. The molecule has 0 atom stereocenters. The van der Waals surface area contributed by atoms with E-state index in [-0.39, 0.29) is 22.9 Å². The Kier molecular flexibility index (Phi) is 8.10. The van der Waals surface area contributed by atoms with Crippen LogP contribution in [0, 0.1) is 0 Å². The Labute approximate surface area is 177 Å². The summed E-state index contributed by atoms with van der Waals surface area (Å²) in [5, 5.41) is 5.32. The van der Waals surface area contributed by atoms with E-state index in [0.29, 0.717) is 6.54 Å². The van der Waals surface area contributed by atoms with E-state index in [1.807, 2.05) is 43.3 Å². The number of hydrogen-bond donors (Lipinski definition) is 2. The molecule has 0 fully saturated rings. The van der Waals surface area contributed by atoms with Crippen LogP contribution in [0.5, 0.6) is 0 Å². The van der Waals surface area contributed by atoms with Gasteiger partial charge in [-0.15, -0.1) is 0 Å². The van der Waals surface area contributed by atoms with Crippen molar-refractivity contribution >= 4 is 21.8 Å². The standard InChI is InChI=1S/C21H28N4O4S/c1-24(2)15-18-9-6-5-8-17(18)13-22-20(26)14-23-21(27)16-10-7-11-19(12-16)30(28,29)25(3)4/h5-12H,13-15H2,1-4H3,(H,22,26)(H,23,27). The molecule has 0 spiro atoms. The van der Waals surface area contributed by atoms with Crippen molar-refractivity contribution in [3.05, 3.63) is 65.2 Å². The summed E-state index contributed by atoms with van der Waals surface area (Å²) in [6.45, 7) is 0.906. The highest BCUT2D eigenvalue weighted by atomic mass is 32.2. The summed E-state index contributed by atoms with van der Waals surface area (Å²) in [7, 11) is 3.15. The predicted molar refractivity (Wildman–Crippen MR) is 115 cm³/mol. The highest BCUT2D eigenvalue weighted by molar-refractivity contribution is 7.89. The predicted octanol–water partition coefficient (Wildman–Crippen LogP) is 1.04. The van der Waals surface area contributed by atoms with E-state index in [2.05, 4.69) is 10.6 Å². The molecule has 2 N–H and O–H groups in total. The minimum Gasteiger partial charge on any atom is -0.350 e. The van der Waals surface area contributed by atoms with Gasteiger partial charge in [0, 0.05) is 32.7 Å². The van der Waals surface area contributed by atoms with Gasteiger partial charge in [-0.2, -0.15) is 0 Å². The quantitative estimate of drug-likeness (QED) is 0.617. The van der Waals surface area contributed by atoms with Gasteiger partial charge in [0.2, 0.25) is 15.9 Å². The summed E-state index contributed by atoms with van der Waals surface area (Å²) in [6.07, 6.45) is 0. The number of rotatable bonds is 9. The van der Waals surface area contributed by atoms with Gasteiger partial charge in [-0.05, 0) is 43.4 Å². The summed E-state index contributed by atoms with van der Waals surface area (Å²) in [5.41, 5.74) is 2.29. The number of carbonyl (C=O) groups excluding carboxylic acids is 2. The van der Waals surface area contributed by atoms with Crippen LogP contribution < -0.4 is 10.6 Å². The van der Waals surface area contributed by atoms with Gasteiger partial charge in [0.25, 0.3) is 5.91 Å². The van der Waals surface area contributed by atoms with Crippen LogP contribution in [-0.2, 0) is 27.9 Å². The van der Waals surface area contributed by atoms with Gasteiger partial charge in [-0.25, -0.2) is 12.7 Å². The molecule has 0 unspecified atom stereocenters. The van der Waals surface area contributed by atoms with E-state index < -0.39 is 15.9 Å². The molecule has 0 aliphatic rings. The zero-order valence-corrected chi connectivity index (χ0v) is 18.5. The van der Waals surface area contributed by atoms with Crippen molar-refractivity contribution in [2.45, 2.75) is 18.0 Å². The van der Waals surface area contributed by atoms with Gasteiger partial charge < -0.3 is 15.5 Å². The van der Waals surface area contributed by atoms with Gasteiger partial charge >= 0.3 is 0 Å². The van der Waals surface area contributed by atoms with E-state index in [9.17, 15) is 18.0 Å². The number of sulfonamides is 1. The van der Waals surface area contributed by atoms with E-state index in [1.165, 1.54) is 38.4 Å². The average Bonchev–Trinajstić information content (AvgIpc) is 2.70. The number of nitrogens with one attached hydrogen (secondary N) is 2. The van der Waals surface area contributed by atoms with Crippen LogP contribution in [0.2, 0.25) is 0 Å². The van der Waals surface area contributed by atoms with Crippen molar-refractivity contribution in [3.8, 4) is 0 Å². The number of hydrogen-bond acceptors (Lipinski definition) is 5. The normalized spacial score (nSPS) is 11.5. The molecule has 2 aromatic rings. The van der Waals surface area contributed by atoms with Crippen LogP contribution in [0.15, 0.2) is 53.4 Å². The smallest absolute Gasteiger partial charge is 0.251 e. The first-order valence-electron chi connectivity index (χ1n) is 9.40. The van der Waals surface area contributed by atoms with Gasteiger partial charge in [0.05, 0.1) is 11.4 Å². The van der Waals surface area contributed by atoms with E-state index in [0.717, 1.165) is 22.0 Å². The SMILES string of the molecule is CN(C)Cc1ccccc1CNC(=O)CNC(=O)c1cccc(S(=O)(=O)N(C)C)c1. The molecule has 0 aliphatic heterocycles. The summed E-state index contributed by atoms with van der Waals surface area (Å²) in [6, 6.07) is 13.5. The average molecular weight is 433 g/mol. The molecule has 0 radical (unpaired) electrons. The van der Waals surface area contributed by atoms with Crippen LogP contribution in [0.1, 0.15) is 21.5 Å². The Morgan fingerprint density at radius 3 is 2.20 bits per heavy atom. The van der Waals surface area contributed by atoms with Crippen LogP contribution in [0.25, 0.3) is 0 Å². The lowest BCUT2D eigenvalue weighted by molar-refractivity contribution is -0.120. The summed E-state index contributed by atoms with van der Waals surface area (Å²) < 4.78 is 25.5. The van der Waals surface area contributed by atoms with Crippen molar-refractivity contribution in [3.63, 3.8) is 0 Å². The second-order valence-electron chi connectivity index (χ2n) is 7.28. The number of carbonyl (C=O) groups is 2. The molecular weight excluding hydrogens is 404 g/mol. The van der Waals surface area contributed by atoms with E-state index >= 15 is 0 Å². The molecule has 0 aromatic heterocycles. The highest BCUT2D eigenvalue weighted by Gasteiger charge is 2.19. The molecule has 0 aliphatic carbocycles. The van der Waals surface area contributed by atoms with E-state index in [4.69, 9.17) is 0 Å². The number of nitrogens with zero attached hydrogens (tertiary/aromatic N) is 2. The third kappa shape index (κ3) is 6.38. The third-order valence-electron chi connectivity index (χ3n) is 4.37. The molecule has 30 heavy (non-hydrogen) atoms. The van der Waals surface area contributed by atoms with Gasteiger partial charge in [0.15, 0.2) is 0 Å². The topological polar surface area (TPSA) is 98.8 Å². The zero-order chi connectivity index (χ0) is 22.3. The Morgan fingerprint density at radius 1 is 0.900 bits per heavy atom. The zero-order valence-electron chi connectivity index (χ0n) is 17.7. The molecule has 0 saturated heterocycles. The Morgan fingerprint density at radius 2 is 1.57 bits per heavy atom. The molecule has 2 rings (SSSR count).